The molecular weight excluding hydrogens is 326 g/mol. The third-order valence-electron chi connectivity index (χ3n) is 3.71. The quantitative estimate of drug-likeness (QED) is 0.530. The van der Waals surface area contributed by atoms with E-state index in [1.165, 1.54) is 0 Å². The summed E-state index contributed by atoms with van der Waals surface area (Å²) in [6.07, 6.45) is 5.14. The van der Waals surface area contributed by atoms with Crippen LogP contribution in [0.15, 0.2) is 59.5 Å². The number of hydrogen-bond acceptors (Lipinski definition) is 4. The maximum atomic E-state index is 12.1. The molecule has 0 saturated carbocycles. The van der Waals surface area contributed by atoms with Gasteiger partial charge in [0, 0.05) is 18.0 Å². The van der Waals surface area contributed by atoms with Crippen molar-refractivity contribution in [2.75, 3.05) is 0 Å². The van der Waals surface area contributed by atoms with Crippen LogP contribution in [0.2, 0.25) is 5.02 Å². The Morgan fingerprint density at radius 2 is 2.00 bits per heavy atom. The van der Waals surface area contributed by atoms with Gasteiger partial charge >= 0.3 is 5.97 Å². The molecule has 3 aromatic rings. The van der Waals surface area contributed by atoms with Gasteiger partial charge in [0.25, 0.3) is 0 Å². The van der Waals surface area contributed by atoms with Crippen LogP contribution >= 0.6 is 11.6 Å². The Hall–Kier alpha value is -2.92. The van der Waals surface area contributed by atoms with Crippen LogP contribution in [0.25, 0.3) is 11.7 Å². The molecule has 0 unspecified atom stereocenters. The molecule has 0 saturated heterocycles. The standard InChI is InChI=1S/C18H12ClN3O2/c1-11-4-2-3-5-14(11)17-21-15(18(23)24-17)8-13-10-22-9-12(19)6-7-16(22)20-13/h2-10H,1H3/b15-8-. The van der Waals surface area contributed by atoms with Crippen molar-refractivity contribution in [2.24, 2.45) is 4.99 Å². The summed E-state index contributed by atoms with van der Waals surface area (Å²) in [6, 6.07) is 11.2. The fourth-order valence-electron chi connectivity index (χ4n) is 2.53. The Kier molecular flexibility index (Phi) is 3.43. The highest BCUT2D eigenvalue weighted by molar-refractivity contribution is 6.30. The lowest BCUT2D eigenvalue weighted by molar-refractivity contribution is -0.129. The van der Waals surface area contributed by atoms with E-state index in [1.807, 2.05) is 31.2 Å². The number of hydrogen-bond donors (Lipinski definition) is 0. The number of carbonyl (C=O) groups is 1. The van der Waals surface area contributed by atoms with Gasteiger partial charge in [-0.25, -0.2) is 14.8 Å². The van der Waals surface area contributed by atoms with Crippen LogP contribution in [0, 0.1) is 6.92 Å². The highest BCUT2D eigenvalue weighted by Crippen LogP contribution is 2.21. The van der Waals surface area contributed by atoms with Crippen LogP contribution in [-0.4, -0.2) is 21.3 Å². The number of cyclic esters (lactones) is 1. The number of imidazole rings is 1. The van der Waals surface area contributed by atoms with Crippen molar-refractivity contribution in [3.8, 4) is 0 Å². The van der Waals surface area contributed by atoms with Gasteiger partial charge in [-0.3, -0.25) is 0 Å². The molecule has 0 atom stereocenters. The van der Waals surface area contributed by atoms with E-state index < -0.39 is 5.97 Å². The number of aliphatic imine (C=N–C) groups is 1. The molecule has 0 N–H and O–H groups in total. The Morgan fingerprint density at radius 3 is 2.83 bits per heavy atom. The summed E-state index contributed by atoms with van der Waals surface area (Å²) in [6.45, 7) is 1.94. The van der Waals surface area contributed by atoms with E-state index in [0.29, 0.717) is 16.6 Å². The lowest BCUT2D eigenvalue weighted by Gasteiger charge is -2.02. The Morgan fingerprint density at radius 1 is 1.17 bits per heavy atom. The lowest BCUT2D eigenvalue weighted by atomic mass is 10.1. The Balaban J connectivity index is 1.73. The highest BCUT2D eigenvalue weighted by atomic mass is 35.5. The first-order valence-corrected chi connectivity index (χ1v) is 7.71. The van der Waals surface area contributed by atoms with Crippen LogP contribution in [-0.2, 0) is 9.53 Å². The number of ether oxygens (including phenoxy) is 1. The molecule has 0 amide bonds. The van der Waals surface area contributed by atoms with E-state index in [0.717, 1.165) is 16.8 Å². The number of esters is 1. The van der Waals surface area contributed by atoms with Crippen molar-refractivity contribution in [3.63, 3.8) is 0 Å². The van der Waals surface area contributed by atoms with Crippen LogP contribution < -0.4 is 0 Å². The third-order valence-corrected chi connectivity index (χ3v) is 3.94. The molecule has 4 rings (SSSR count). The van der Waals surface area contributed by atoms with Crippen molar-refractivity contribution in [3.05, 3.63) is 76.3 Å². The number of rotatable bonds is 2. The molecule has 6 heteroatoms. The molecule has 118 valence electrons. The lowest BCUT2D eigenvalue weighted by Crippen LogP contribution is -2.06. The van der Waals surface area contributed by atoms with Crippen LogP contribution in [0.4, 0.5) is 0 Å². The number of aryl methyl sites for hydroxylation is 1. The first-order valence-electron chi connectivity index (χ1n) is 7.33. The molecule has 0 aliphatic carbocycles. The highest BCUT2D eigenvalue weighted by Gasteiger charge is 2.25. The van der Waals surface area contributed by atoms with Crippen molar-refractivity contribution in [2.45, 2.75) is 6.92 Å². The molecule has 3 heterocycles. The van der Waals surface area contributed by atoms with Gasteiger partial charge in [0.05, 0.1) is 10.7 Å². The smallest absolute Gasteiger partial charge is 0.363 e. The molecule has 24 heavy (non-hydrogen) atoms. The second kappa shape index (κ2) is 5.62. The number of fused-ring (bicyclic) bond motifs is 1. The molecule has 0 bridgehead atoms. The normalized spacial score (nSPS) is 15.8. The number of pyridine rings is 1. The van der Waals surface area contributed by atoms with E-state index in [9.17, 15) is 4.79 Å². The number of benzene rings is 1. The summed E-state index contributed by atoms with van der Waals surface area (Å²) in [5.74, 6) is -0.167. The Labute approximate surface area is 142 Å². The minimum Gasteiger partial charge on any atom is -0.402 e. The molecule has 2 aromatic heterocycles. The monoisotopic (exact) mass is 337 g/mol. The minimum absolute atomic E-state index is 0.225. The van der Waals surface area contributed by atoms with Gasteiger partial charge in [-0.1, -0.05) is 29.8 Å². The van der Waals surface area contributed by atoms with Crippen LogP contribution in [0.5, 0.6) is 0 Å². The number of aromatic nitrogens is 2. The predicted octanol–water partition coefficient (Wildman–Crippen LogP) is 3.64. The molecule has 0 fully saturated rings. The van der Waals surface area contributed by atoms with Crippen molar-refractivity contribution >= 4 is 35.2 Å². The first-order chi connectivity index (χ1) is 11.6. The van der Waals surface area contributed by atoms with Crippen molar-refractivity contribution in [1.82, 2.24) is 9.38 Å². The fourth-order valence-corrected chi connectivity index (χ4v) is 2.70. The van der Waals surface area contributed by atoms with E-state index in [-0.39, 0.29) is 5.70 Å². The average molecular weight is 338 g/mol. The molecule has 0 spiro atoms. The van der Waals surface area contributed by atoms with Crippen LogP contribution in [0.1, 0.15) is 16.8 Å². The molecule has 1 aliphatic rings. The third kappa shape index (κ3) is 2.59. The fraction of sp³-hybridized carbons (Fsp3) is 0.0556. The van der Waals surface area contributed by atoms with Crippen LogP contribution in [0.3, 0.4) is 0 Å². The van der Waals surface area contributed by atoms with E-state index in [4.69, 9.17) is 16.3 Å². The summed E-state index contributed by atoms with van der Waals surface area (Å²) in [5, 5.41) is 0.610. The van der Waals surface area contributed by atoms with Crippen molar-refractivity contribution < 1.29 is 9.53 Å². The van der Waals surface area contributed by atoms with Crippen molar-refractivity contribution in [1.29, 1.82) is 0 Å². The SMILES string of the molecule is Cc1ccccc1C1=N/C(=C\c2cn3cc(Cl)ccc3n2)C(=O)O1. The van der Waals surface area contributed by atoms with Gasteiger partial charge in [0.2, 0.25) is 5.90 Å². The van der Waals surface area contributed by atoms with Gasteiger partial charge in [-0.05, 0) is 36.8 Å². The summed E-state index contributed by atoms with van der Waals surface area (Å²) < 4.78 is 7.09. The average Bonchev–Trinajstić information content (AvgIpc) is 3.11. The summed E-state index contributed by atoms with van der Waals surface area (Å²) in [7, 11) is 0. The summed E-state index contributed by atoms with van der Waals surface area (Å²) in [5.41, 5.74) is 3.37. The van der Waals surface area contributed by atoms with Gasteiger partial charge in [-0.2, -0.15) is 0 Å². The number of nitrogens with zero attached hydrogens (tertiary/aromatic N) is 3. The predicted molar refractivity (Wildman–Crippen MR) is 92.0 cm³/mol. The first kappa shape index (κ1) is 14.7. The summed E-state index contributed by atoms with van der Waals surface area (Å²) >= 11 is 5.96. The maximum absolute atomic E-state index is 12.1. The minimum atomic E-state index is -0.483. The molecule has 0 radical (unpaired) electrons. The maximum Gasteiger partial charge on any atom is 0.363 e. The molecular formula is C18H12ClN3O2. The van der Waals surface area contributed by atoms with Gasteiger partial charge in [-0.15, -0.1) is 0 Å². The topological polar surface area (TPSA) is 56.0 Å². The molecule has 1 aromatic carbocycles. The van der Waals surface area contributed by atoms with E-state index in [2.05, 4.69) is 9.98 Å². The van der Waals surface area contributed by atoms with Gasteiger partial charge in [0.1, 0.15) is 5.65 Å². The van der Waals surface area contributed by atoms with E-state index >= 15 is 0 Å². The van der Waals surface area contributed by atoms with Gasteiger partial charge < -0.3 is 9.14 Å². The molecule has 5 nitrogen and oxygen atoms in total. The second-order valence-electron chi connectivity index (χ2n) is 5.43. The van der Waals surface area contributed by atoms with Gasteiger partial charge in [0.15, 0.2) is 5.70 Å². The number of carbonyl (C=O) groups excluding carboxylic acids is 1. The Bertz CT molecular complexity index is 1030. The zero-order chi connectivity index (χ0) is 16.7. The molecule has 1 aliphatic heterocycles. The zero-order valence-corrected chi connectivity index (χ0v) is 13.5. The largest absolute Gasteiger partial charge is 0.402 e. The second-order valence-corrected chi connectivity index (χ2v) is 5.87. The number of halogens is 1. The summed E-state index contributed by atoms with van der Waals surface area (Å²) in [4.78, 5) is 20.8. The van der Waals surface area contributed by atoms with E-state index in [1.54, 1.807) is 35.0 Å². The zero-order valence-electron chi connectivity index (χ0n) is 12.7.